The Morgan fingerprint density at radius 1 is 0.944 bits per heavy atom. The van der Waals surface area contributed by atoms with Crippen LogP contribution >= 0.6 is 0 Å². The fourth-order valence-electron chi connectivity index (χ4n) is 2.39. The molecule has 1 aromatic heterocycles. The van der Waals surface area contributed by atoms with Crippen LogP contribution in [-0.2, 0) is 0 Å². The van der Waals surface area contributed by atoms with Gasteiger partial charge in [-0.2, -0.15) is 0 Å². The van der Waals surface area contributed by atoms with Gasteiger partial charge in [-0.1, -0.05) is 24.3 Å². The van der Waals surface area contributed by atoms with Crippen LogP contribution in [0.2, 0.25) is 0 Å². The van der Waals surface area contributed by atoms with Gasteiger partial charge in [0.05, 0.1) is 11.0 Å². The minimum Gasteiger partial charge on any atom is -0.489 e. The predicted molar refractivity (Wildman–Crippen MR) is 73.8 cm³/mol. The Bertz CT molecular complexity index is 790. The van der Waals surface area contributed by atoms with Crippen LogP contribution in [0, 0.1) is 0 Å². The maximum Gasteiger partial charge on any atom is 0.129 e. The molecule has 86 valence electrons. The average molecular weight is 233 g/mol. The van der Waals surface area contributed by atoms with Crippen molar-refractivity contribution in [2.75, 3.05) is 6.61 Å². The topological polar surface area (TPSA) is 22.1 Å². The fraction of sp³-hybridized carbons (Fsp3) is 0.0625. The Balaban J connectivity index is 2.09. The molecule has 4 rings (SSSR count). The smallest absolute Gasteiger partial charge is 0.129 e. The lowest BCUT2D eigenvalue weighted by molar-refractivity contribution is 0.359. The molecule has 0 saturated carbocycles. The molecule has 1 aliphatic heterocycles. The first-order valence-corrected chi connectivity index (χ1v) is 6.03. The van der Waals surface area contributed by atoms with Crippen LogP contribution in [-0.4, -0.2) is 11.6 Å². The summed E-state index contributed by atoms with van der Waals surface area (Å²) in [6.45, 7) is 0.645. The van der Waals surface area contributed by atoms with Gasteiger partial charge in [-0.05, 0) is 24.3 Å². The second-order valence-corrected chi connectivity index (χ2v) is 4.48. The third kappa shape index (κ3) is 1.39. The van der Waals surface area contributed by atoms with Gasteiger partial charge in [0.2, 0.25) is 0 Å². The zero-order chi connectivity index (χ0) is 11.9. The number of ether oxygens (including phenoxy) is 1. The molecule has 1 aliphatic rings. The van der Waals surface area contributed by atoms with Crippen LogP contribution in [0.25, 0.3) is 27.9 Å². The van der Waals surface area contributed by atoms with E-state index in [1.54, 1.807) is 0 Å². The molecule has 2 heterocycles. The fourth-order valence-corrected chi connectivity index (χ4v) is 2.39. The van der Waals surface area contributed by atoms with E-state index in [9.17, 15) is 0 Å². The van der Waals surface area contributed by atoms with Crippen molar-refractivity contribution in [3.63, 3.8) is 0 Å². The van der Waals surface area contributed by atoms with Crippen molar-refractivity contribution in [3.05, 3.63) is 54.1 Å². The van der Waals surface area contributed by atoms with Crippen molar-refractivity contribution in [2.24, 2.45) is 0 Å². The van der Waals surface area contributed by atoms with E-state index < -0.39 is 0 Å². The van der Waals surface area contributed by atoms with Gasteiger partial charge >= 0.3 is 0 Å². The van der Waals surface area contributed by atoms with Gasteiger partial charge in [-0.15, -0.1) is 0 Å². The summed E-state index contributed by atoms with van der Waals surface area (Å²) in [5.74, 6) is 0.924. The number of benzene rings is 2. The van der Waals surface area contributed by atoms with E-state index in [0.717, 1.165) is 27.7 Å². The zero-order valence-corrected chi connectivity index (χ0v) is 9.76. The van der Waals surface area contributed by atoms with Crippen molar-refractivity contribution < 1.29 is 4.74 Å². The standard InChI is InChI=1S/C16H11NO/c1-2-6-14-11(4-1)8-13-9-12-5-3-7-18-16(12)10-15(13)17-14/h1-6,8-10H,7H2. The predicted octanol–water partition coefficient (Wildman–Crippen LogP) is 3.79. The summed E-state index contributed by atoms with van der Waals surface area (Å²) in [5, 5.41) is 2.33. The SMILES string of the molecule is C1=Cc2cc3cc4ccccc4nc3cc2OC1. The van der Waals surface area contributed by atoms with Gasteiger partial charge in [-0.3, -0.25) is 0 Å². The normalized spacial score (nSPS) is 13.6. The van der Waals surface area contributed by atoms with Gasteiger partial charge in [0.1, 0.15) is 12.4 Å². The number of hydrogen-bond donors (Lipinski definition) is 0. The molecule has 0 radical (unpaired) electrons. The van der Waals surface area contributed by atoms with Gasteiger partial charge in [-0.25, -0.2) is 4.98 Å². The molecule has 2 nitrogen and oxygen atoms in total. The molecule has 2 heteroatoms. The van der Waals surface area contributed by atoms with Crippen LogP contribution in [0.5, 0.6) is 5.75 Å². The quantitative estimate of drug-likeness (QED) is 0.551. The zero-order valence-electron chi connectivity index (χ0n) is 9.76. The molecule has 0 spiro atoms. The van der Waals surface area contributed by atoms with Crippen LogP contribution < -0.4 is 4.74 Å². The molecule has 2 aromatic carbocycles. The number of para-hydroxylation sites is 1. The van der Waals surface area contributed by atoms with Crippen LogP contribution in [0.15, 0.2) is 48.5 Å². The van der Waals surface area contributed by atoms with Gasteiger partial charge in [0, 0.05) is 22.4 Å². The van der Waals surface area contributed by atoms with Crippen molar-refractivity contribution in [1.82, 2.24) is 4.98 Å². The van der Waals surface area contributed by atoms with Crippen LogP contribution in [0.1, 0.15) is 5.56 Å². The van der Waals surface area contributed by atoms with Gasteiger partial charge < -0.3 is 4.74 Å². The molecule has 0 unspecified atom stereocenters. The highest BCUT2D eigenvalue weighted by Crippen LogP contribution is 2.30. The lowest BCUT2D eigenvalue weighted by Gasteiger charge is -2.13. The summed E-state index contributed by atoms with van der Waals surface area (Å²) in [7, 11) is 0. The minimum atomic E-state index is 0.645. The number of pyridine rings is 1. The molecular formula is C16H11NO. The van der Waals surface area contributed by atoms with E-state index in [4.69, 9.17) is 4.74 Å². The molecule has 0 amide bonds. The summed E-state index contributed by atoms with van der Waals surface area (Å²) in [6.07, 6.45) is 4.14. The van der Waals surface area contributed by atoms with E-state index >= 15 is 0 Å². The Hall–Kier alpha value is -2.35. The number of fused-ring (bicyclic) bond motifs is 3. The maximum absolute atomic E-state index is 5.62. The minimum absolute atomic E-state index is 0.645. The summed E-state index contributed by atoms with van der Waals surface area (Å²) < 4.78 is 5.62. The number of nitrogens with zero attached hydrogens (tertiary/aromatic N) is 1. The number of hydrogen-bond acceptors (Lipinski definition) is 2. The van der Waals surface area contributed by atoms with E-state index in [-0.39, 0.29) is 0 Å². The summed E-state index contributed by atoms with van der Waals surface area (Å²) in [4.78, 5) is 4.68. The van der Waals surface area contributed by atoms with Crippen molar-refractivity contribution in [3.8, 4) is 5.75 Å². The Labute approximate surface area is 105 Å². The Kier molecular flexibility index (Phi) is 1.92. The second kappa shape index (κ2) is 3.57. The summed E-state index contributed by atoms with van der Waals surface area (Å²) >= 11 is 0. The monoisotopic (exact) mass is 233 g/mol. The molecule has 0 aliphatic carbocycles. The Morgan fingerprint density at radius 3 is 2.89 bits per heavy atom. The highest BCUT2D eigenvalue weighted by Gasteiger charge is 2.08. The average Bonchev–Trinajstić information content (AvgIpc) is 2.42. The third-order valence-corrected chi connectivity index (χ3v) is 3.28. The molecule has 0 atom stereocenters. The summed E-state index contributed by atoms with van der Waals surface area (Å²) in [6, 6.07) is 14.5. The molecular weight excluding hydrogens is 222 g/mol. The maximum atomic E-state index is 5.62. The van der Waals surface area contributed by atoms with Crippen molar-refractivity contribution in [2.45, 2.75) is 0 Å². The highest BCUT2D eigenvalue weighted by atomic mass is 16.5. The number of rotatable bonds is 0. The van der Waals surface area contributed by atoms with Crippen molar-refractivity contribution in [1.29, 1.82) is 0 Å². The molecule has 3 aromatic rings. The molecule has 0 fully saturated rings. The lowest BCUT2D eigenvalue weighted by Crippen LogP contribution is -2.00. The van der Waals surface area contributed by atoms with E-state index in [0.29, 0.717) is 6.61 Å². The van der Waals surface area contributed by atoms with E-state index in [1.807, 2.05) is 30.3 Å². The Morgan fingerprint density at radius 2 is 1.89 bits per heavy atom. The first-order chi connectivity index (χ1) is 8.90. The van der Waals surface area contributed by atoms with Crippen LogP contribution in [0.4, 0.5) is 0 Å². The summed E-state index contributed by atoms with van der Waals surface area (Å²) in [5.41, 5.74) is 3.14. The molecule has 0 bridgehead atoms. The molecule has 0 saturated heterocycles. The van der Waals surface area contributed by atoms with Gasteiger partial charge in [0.15, 0.2) is 0 Å². The first-order valence-electron chi connectivity index (χ1n) is 6.03. The largest absolute Gasteiger partial charge is 0.489 e. The molecule has 0 N–H and O–H groups in total. The first kappa shape index (κ1) is 9.66. The lowest BCUT2D eigenvalue weighted by atomic mass is 10.1. The third-order valence-electron chi connectivity index (χ3n) is 3.28. The van der Waals surface area contributed by atoms with E-state index in [1.165, 1.54) is 5.39 Å². The molecule has 18 heavy (non-hydrogen) atoms. The van der Waals surface area contributed by atoms with Gasteiger partial charge in [0.25, 0.3) is 0 Å². The second-order valence-electron chi connectivity index (χ2n) is 4.48. The highest BCUT2D eigenvalue weighted by molar-refractivity contribution is 5.94. The number of aromatic nitrogens is 1. The van der Waals surface area contributed by atoms with Crippen molar-refractivity contribution >= 4 is 27.9 Å². The van der Waals surface area contributed by atoms with E-state index in [2.05, 4.69) is 29.3 Å². The van der Waals surface area contributed by atoms with Crippen LogP contribution in [0.3, 0.4) is 0 Å².